The number of likely N-dealkylation sites (N-methyl/N-ethyl adjacent to an activating group) is 1. The molecule has 0 fully saturated rings. The second-order valence-corrected chi connectivity index (χ2v) is 5.93. The summed E-state index contributed by atoms with van der Waals surface area (Å²) < 4.78 is 94.9. The number of hydrogen-bond donors (Lipinski definition) is 0. The molecule has 0 aromatic heterocycles. The van der Waals surface area contributed by atoms with Gasteiger partial charge in [-0.25, -0.2) is 0 Å². The highest BCUT2D eigenvalue weighted by Gasteiger charge is 2.76. The number of amides is 1. The van der Waals surface area contributed by atoms with Gasteiger partial charge >= 0.3 is 18.0 Å². The van der Waals surface area contributed by atoms with Crippen LogP contribution >= 0.6 is 0 Å². The number of rotatable bonds is 6. The number of methoxy groups -OCH3 is 1. The van der Waals surface area contributed by atoms with E-state index < -0.39 is 30.0 Å². The van der Waals surface area contributed by atoms with Crippen molar-refractivity contribution in [2.45, 2.75) is 44.3 Å². The first-order valence-corrected chi connectivity index (χ1v) is 7.40. The van der Waals surface area contributed by atoms with Gasteiger partial charge in [-0.3, -0.25) is 4.79 Å². The van der Waals surface area contributed by atoms with Crippen molar-refractivity contribution >= 4 is 5.91 Å². The molecule has 0 N–H and O–H groups in total. The van der Waals surface area contributed by atoms with Gasteiger partial charge in [-0.1, -0.05) is 12.1 Å². The zero-order valence-corrected chi connectivity index (χ0v) is 14.4. The van der Waals surface area contributed by atoms with Crippen LogP contribution in [-0.4, -0.2) is 49.0 Å². The van der Waals surface area contributed by atoms with Gasteiger partial charge in [0.1, 0.15) is 5.75 Å². The predicted octanol–water partition coefficient (Wildman–Crippen LogP) is 4.23. The van der Waals surface area contributed by atoms with E-state index in [0.29, 0.717) is 11.3 Å². The maximum absolute atomic E-state index is 13.6. The molecule has 0 bridgehead atoms. The minimum atomic E-state index is -6.56. The van der Waals surface area contributed by atoms with Crippen LogP contribution in [-0.2, 0) is 11.2 Å². The van der Waals surface area contributed by atoms with Crippen molar-refractivity contribution < 1.29 is 40.3 Å². The maximum atomic E-state index is 13.6. The predicted molar refractivity (Wildman–Crippen MR) is 79.6 cm³/mol. The topological polar surface area (TPSA) is 29.5 Å². The number of ether oxygens (including phenoxy) is 1. The summed E-state index contributed by atoms with van der Waals surface area (Å²) in [5.74, 6) is -14.6. The van der Waals surface area contributed by atoms with E-state index in [0.717, 1.165) is 12.6 Å². The molecule has 0 heterocycles. The molecule has 1 aromatic rings. The Hall–Kier alpha value is -2.00. The summed E-state index contributed by atoms with van der Waals surface area (Å²) in [5.41, 5.74) is 1.31. The van der Waals surface area contributed by atoms with Gasteiger partial charge in [0.25, 0.3) is 5.91 Å². The normalized spacial score (nSPS) is 14.1. The number of carbonyl (C=O) groups is 1. The van der Waals surface area contributed by atoms with Crippen LogP contribution in [0.4, 0.5) is 30.7 Å². The van der Waals surface area contributed by atoms with Crippen molar-refractivity contribution in [2.24, 2.45) is 0 Å². The Labute approximate surface area is 145 Å². The van der Waals surface area contributed by atoms with Gasteiger partial charge in [0.15, 0.2) is 0 Å². The quantitative estimate of drug-likeness (QED) is 0.682. The lowest BCUT2D eigenvalue weighted by atomic mass is 10.0. The minimum Gasteiger partial charge on any atom is -0.496 e. The highest BCUT2D eigenvalue weighted by Crippen LogP contribution is 2.47. The molecule has 1 amide bonds. The first kappa shape index (κ1) is 22.0. The molecule has 26 heavy (non-hydrogen) atoms. The van der Waals surface area contributed by atoms with E-state index in [1.807, 2.05) is 0 Å². The maximum Gasteiger partial charge on any atom is 0.460 e. The van der Waals surface area contributed by atoms with E-state index >= 15 is 0 Å². The molecule has 1 rings (SSSR count). The monoisotopic (exact) mass is 389 g/mol. The summed E-state index contributed by atoms with van der Waals surface area (Å²) in [6.45, 7) is 3.02. The molecule has 0 saturated heterocycles. The molecule has 10 heteroatoms. The molecule has 148 valence electrons. The van der Waals surface area contributed by atoms with Gasteiger partial charge in [0.05, 0.1) is 7.11 Å². The fourth-order valence-electron chi connectivity index (χ4n) is 2.21. The molecule has 1 unspecified atom stereocenters. The van der Waals surface area contributed by atoms with Crippen LogP contribution in [0.15, 0.2) is 18.2 Å². The zero-order chi connectivity index (χ0) is 20.5. The number of alkyl halides is 7. The van der Waals surface area contributed by atoms with Crippen LogP contribution in [0, 0.1) is 6.92 Å². The number of benzene rings is 1. The summed E-state index contributed by atoms with van der Waals surface area (Å²) in [6.07, 6.45) is -6.64. The Kier molecular flexibility index (Phi) is 6.20. The van der Waals surface area contributed by atoms with E-state index in [1.54, 1.807) is 25.1 Å². The van der Waals surface area contributed by atoms with E-state index in [4.69, 9.17) is 4.74 Å². The second kappa shape index (κ2) is 7.32. The summed E-state index contributed by atoms with van der Waals surface area (Å²) in [4.78, 5) is 11.8. The van der Waals surface area contributed by atoms with Crippen molar-refractivity contribution in [2.75, 3.05) is 14.2 Å². The molecule has 0 spiro atoms. The number of hydrogen-bond acceptors (Lipinski definition) is 2. The third kappa shape index (κ3) is 4.04. The van der Waals surface area contributed by atoms with Gasteiger partial charge in [-0.15, -0.1) is 0 Å². The molecule has 0 radical (unpaired) electrons. The summed E-state index contributed by atoms with van der Waals surface area (Å²) >= 11 is 0. The molecular weight excluding hydrogens is 371 g/mol. The van der Waals surface area contributed by atoms with Gasteiger partial charge in [-0.2, -0.15) is 30.7 Å². The zero-order valence-electron chi connectivity index (χ0n) is 14.4. The summed E-state index contributed by atoms with van der Waals surface area (Å²) in [7, 11) is 2.10. The lowest BCUT2D eigenvalue weighted by molar-refractivity contribution is -0.346. The van der Waals surface area contributed by atoms with Gasteiger partial charge in [-0.05, 0) is 37.5 Å². The minimum absolute atomic E-state index is 0.0840. The van der Waals surface area contributed by atoms with Crippen LogP contribution in [0.2, 0.25) is 0 Å². The number of halogens is 7. The average molecular weight is 389 g/mol. The van der Waals surface area contributed by atoms with Crippen LogP contribution < -0.4 is 4.74 Å². The molecule has 3 nitrogen and oxygen atoms in total. The third-order valence-electron chi connectivity index (χ3n) is 3.96. The first-order valence-electron chi connectivity index (χ1n) is 7.40. The van der Waals surface area contributed by atoms with E-state index in [2.05, 4.69) is 0 Å². The number of nitrogens with zero attached hydrogens (tertiary/aromatic N) is 1. The van der Waals surface area contributed by atoms with Gasteiger partial charge < -0.3 is 9.64 Å². The largest absolute Gasteiger partial charge is 0.496 e. The molecule has 0 saturated carbocycles. The fraction of sp³-hybridized carbons (Fsp3) is 0.562. The van der Waals surface area contributed by atoms with Crippen LogP contribution in [0.25, 0.3) is 0 Å². The van der Waals surface area contributed by atoms with Crippen molar-refractivity contribution in [3.8, 4) is 5.75 Å². The summed E-state index contributed by atoms with van der Waals surface area (Å²) in [6, 6.07) is 3.81. The van der Waals surface area contributed by atoms with Crippen molar-refractivity contribution in [3.63, 3.8) is 0 Å². The van der Waals surface area contributed by atoms with Crippen molar-refractivity contribution in [1.82, 2.24) is 4.90 Å². The molecular formula is C16H18F7NO2. The van der Waals surface area contributed by atoms with Crippen LogP contribution in [0.1, 0.15) is 18.1 Å². The van der Waals surface area contributed by atoms with E-state index in [1.165, 1.54) is 14.0 Å². The Bertz CT molecular complexity index is 658. The smallest absolute Gasteiger partial charge is 0.460 e. The van der Waals surface area contributed by atoms with Crippen LogP contribution in [0.5, 0.6) is 5.75 Å². The van der Waals surface area contributed by atoms with E-state index in [9.17, 15) is 35.5 Å². The molecule has 1 atom stereocenters. The molecule has 0 aliphatic heterocycles. The fourth-order valence-corrected chi connectivity index (χ4v) is 2.21. The SMILES string of the molecule is COc1cc(C)ccc1CC(C)N(C)C(=O)C(F)(F)C(F)(F)C(F)(F)F. The molecule has 0 aliphatic carbocycles. The highest BCUT2D eigenvalue weighted by atomic mass is 19.4. The standard InChI is InChI=1S/C16H18F7NO2/c1-9-5-6-11(12(7-9)26-4)8-10(2)24(3)13(25)14(17,18)15(19,20)16(21,22)23/h5-7,10H,8H2,1-4H3. The lowest BCUT2D eigenvalue weighted by Gasteiger charge is -2.33. The third-order valence-corrected chi connectivity index (χ3v) is 3.96. The van der Waals surface area contributed by atoms with Crippen molar-refractivity contribution in [1.29, 1.82) is 0 Å². The Morgan fingerprint density at radius 2 is 1.69 bits per heavy atom. The molecule has 0 aliphatic rings. The lowest BCUT2D eigenvalue weighted by Crippen LogP contribution is -2.60. The average Bonchev–Trinajstić information content (AvgIpc) is 2.53. The van der Waals surface area contributed by atoms with Gasteiger partial charge in [0.2, 0.25) is 0 Å². The van der Waals surface area contributed by atoms with E-state index in [-0.39, 0.29) is 11.3 Å². The Balaban J connectivity index is 3.04. The Morgan fingerprint density at radius 1 is 1.15 bits per heavy atom. The Morgan fingerprint density at radius 3 is 2.15 bits per heavy atom. The van der Waals surface area contributed by atoms with Crippen molar-refractivity contribution in [3.05, 3.63) is 29.3 Å². The number of carbonyl (C=O) groups excluding carboxylic acids is 1. The van der Waals surface area contributed by atoms with Gasteiger partial charge in [0, 0.05) is 13.1 Å². The highest BCUT2D eigenvalue weighted by molar-refractivity contribution is 5.85. The number of aryl methyl sites for hydroxylation is 1. The second-order valence-electron chi connectivity index (χ2n) is 5.93. The molecule has 1 aromatic carbocycles. The first-order chi connectivity index (χ1) is 11.7. The van der Waals surface area contributed by atoms with Crippen LogP contribution in [0.3, 0.4) is 0 Å². The summed E-state index contributed by atoms with van der Waals surface area (Å²) in [5, 5.41) is 0.